The van der Waals surface area contributed by atoms with Crippen LogP contribution in [0, 0.1) is 35.5 Å². The normalized spacial score (nSPS) is 46.6. The molecule has 4 fully saturated rings. The van der Waals surface area contributed by atoms with E-state index in [4.69, 9.17) is 6.42 Å². The molecule has 0 aliphatic heterocycles. The summed E-state index contributed by atoms with van der Waals surface area (Å²) in [5, 5.41) is 9.97. The highest BCUT2D eigenvalue weighted by Gasteiger charge is 2.51. The first-order chi connectivity index (χ1) is 7.69. The lowest BCUT2D eigenvalue weighted by Crippen LogP contribution is -2.47. The van der Waals surface area contributed by atoms with E-state index in [9.17, 15) is 5.11 Å². The number of hydrogen-bond acceptors (Lipinski definition) is 1. The fraction of sp³-hybridized carbons (Fsp3) is 0.867. The second-order valence-corrected chi connectivity index (χ2v) is 6.68. The van der Waals surface area contributed by atoms with Gasteiger partial charge in [0.05, 0.1) is 6.10 Å². The van der Waals surface area contributed by atoms with E-state index >= 15 is 0 Å². The second-order valence-electron chi connectivity index (χ2n) is 6.68. The van der Waals surface area contributed by atoms with E-state index in [1.165, 1.54) is 38.5 Å². The van der Waals surface area contributed by atoms with Gasteiger partial charge in [-0.15, -0.1) is 12.3 Å². The molecule has 0 aromatic heterocycles. The van der Waals surface area contributed by atoms with Crippen LogP contribution in [0.4, 0.5) is 0 Å². The molecule has 1 heteroatoms. The summed E-state index contributed by atoms with van der Waals surface area (Å²) in [4.78, 5) is 0. The molecule has 0 heterocycles. The van der Waals surface area contributed by atoms with Crippen LogP contribution in [0.25, 0.3) is 0 Å². The Balaban J connectivity index is 1.71. The number of rotatable bonds is 3. The van der Waals surface area contributed by atoms with Gasteiger partial charge < -0.3 is 5.11 Å². The zero-order valence-electron chi connectivity index (χ0n) is 9.99. The van der Waals surface area contributed by atoms with Crippen LogP contribution in [0.2, 0.25) is 0 Å². The van der Waals surface area contributed by atoms with Gasteiger partial charge in [0.25, 0.3) is 0 Å². The Morgan fingerprint density at radius 3 is 2.06 bits per heavy atom. The Hall–Kier alpha value is -0.480. The van der Waals surface area contributed by atoms with E-state index in [0.717, 1.165) is 24.2 Å². The third kappa shape index (κ3) is 1.78. The van der Waals surface area contributed by atoms with Crippen LogP contribution in [0.15, 0.2) is 0 Å². The molecule has 1 unspecified atom stereocenters. The summed E-state index contributed by atoms with van der Waals surface area (Å²) in [5.74, 6) is 5.53. The first-order valence-corrected chi connectivity index (χ1v) is 6.81. The molecule has 4 saturated carbocycles. The Bertz CT molecular complexity index is 277. The maximum atomic E-state index is 9.97. The monoisotopic (exact) mass is 218 g/mol. The molecule has 88 valence electrons. The average molecular weight is 218 g/mol. The van der Waals surface area contributed by atoms with Crippen molar-refractivity contribution in [3.63, 3.8) is 0 Å². The van der Waals surface area contributed by atoms with Gasteiger partial charge in [-0.2, -0.15) is 0 Å². The lowest BCUT2D eigenvalue weighted by atomic mass is 9.48. The molecule has 1 N–H and O–H groups in total. The lowest BCUT2D eigenvalue weighted by molar-refractivity contribution is -0.0750. The average Bonchev–Trinajstić information content (AvgIpc) is 2.13. The molecule has 0 aromatic carbocycles. The number of hydrogen-bond donors (Lipinski definition) is 1. The molecule has 16 heavy (non-hydrogen) atoms. The fourth-order valence-electron chi connectivity index (χ4n) is 5.25. The van der Waals surface area contributed by atoms with Crippen molar-refractivity contribution < 1.29 is 5.11 Å². The highest BCUT2D eigenvalue weighted by atomic mass is 16.3. The standard InChI is InChI=1S/C15H22O/c1-2-3-14(16)10-15-7-11-4-12(8-15)6-13(5-11)9-15/h1,11-14,16H,3-10H2. The van der Waals surface area contributed by atoms with Crippen molar-refractivity contribution in [2.75, 3.05) is 0 Å². The van der Waals surface area contributed by atoms with Crippen LogP contribution in [0.1, 0.15) is 51.4 Å². The predicted octanol–water partition coefficient (Wildman–Crippen LogP) is 2.98. The smallest absolute Gasteiger partial charge is 0.0654 e. The quantitative estimate of drug-likeness (QED) is 0.722. The molecule has 0 aromatic rings. The summed E-state index contributed by atoms with van der Waals surface area (Å²) in [6, 6.07) is 0. The molecule has 1 atom stereocenters. The van der Waals surface area contributed by atoms with E-state index in [1.54, 1.807) is 0 Å². The molecule has 0 radical (unpaired) electrons. The zero-order valence-corrected chi connectivity index (χ0v) is 9.99. The Morgan fingerprint density at radius 2 is 1.62 bits per heavy atom. The van der Waals surface area contributed by atoms with Crippen LogP contribution >= 0.6 is 0 Å². The number of terminal acetylenes is 1. The van der Waals surface area contributed by atoms with E-state index in [0.29, 0.717) is 11.8 Å². The summed E-state index contributed by atoms with van der Waals surface area (Å²) in [5.41, 5.74) is 0.477. The van der Waals surface area contributed by atoms with Crippen LogP contribution in [0.5, 0.6) is 0 Å². The van der Waals surface area contributed by atoms with Crippen LogP contribution in [-0.2, 0) is 0 Å². The molecule has 4 aliphatic carbocycles. The number of aliphatic hydroxyl groups excluding tert-OH is 1. The van der Waals surface area contributed by atoms with Gasteiger partial charge >= 0.3 is 0 Å². The highest BCUT2D eigenvalue weighted by molar-refractivity contribution is 5.02. The van der Waals surface area contributed by atoms with E-state index in [1.807, 2.05) is 0 Å². The third-order valence-electron chi connectivity index (χ3n) is 5.19. The molecule has 0 amide bonds. The predicted molar refractivity (Wildman–Crippen MR) is 64.7 cm³/mol. The van der Waals surface area contributed by atoms with Crippen LogP contribution in [0.3, 0.4) is 0 Å². The van der Waals surface area contributed by atoms with Crippen molar-refractivity contribution in [1.29, 1.82) is 0 Å². The summed E-state index contributed by atoms with van der Waals surface area (Å²) in [7, 11) is 0. The molecular formula is C15H22O. The van der Waals surface area contributed by atoms with Crippen molar-refractivity contribution in [3.8, 4) is 12.3 Å². The minimum atomic E-state index is -0.249. The maximum absolute atomic E-state index is 9.97. The van der Waals surface area contributed by atoms with E-state index in [-0.39, 0.29) is 6.10 Å². The van der Waals surface area contributed by atoms with Crippen molar-refractivity contribution in [3.05, 3.63) is 0 Å². The van der Waals surface area contributed by atoms with Crippen molar-refractivity contribution in [2.24, 2.45) is 23.2 Å². The minimum Gasteiger partial charge on any atom is -0.392 e. The Labute approximate surface area is 98.6 Å². The Morgan fingerprint density at radius 1 is 1.12 bits per heavy atom. The molecule has 4 aliphatic rings. The molecule has 0 spiro atoms. The van der Waals surface area contributed by atoms with Crippen molar-refractivity contribution in [1.82, 2.24) is 0 Å². The van der Waals surface area contributed by atoms with Gasteiger partial charge in [-0.1, -0.05) is 0 Å². The zero-order chi connectivity index (χ0) is 11.2. The molecule has 4 bridgehead atoms. The van der Waals surface area contributed by atoms with Gasteiger partial charge in [-0.05, 0) is 68.1 Å². The van der Waals surface area contributed by atoms with Crippen LogP contribution < -0.4 is 0 Å². The van der Waals surface area contributed by atoms with Gasteiger partial charge in [0.2, 0.25) is 0 Å². The SMILES string of the molecule is C#CCC(O)CC12CC3CC(CC(C3)C1)C2. The van der Waals surface area contributed by atoms with Gasteiger partial charge in [0.15, 0.2) is 0 Å². The fourth-order valence-corrected chi connectivity index (χ4v) is 5.25. The van der Waals surface area contributed by atoms with Gasteiger partial charge in [-0.25, -0.2) is 0 Å². The third-order valence-corrected chi connectivity index (χ3v) is 5.19. The molecular weight excluding hydrogens is 196 g/mol. The molecule has 0 saturated heterocycles. The Kier molecular flexibility index (Phi) is 2.51. The van der Waals surface area contributed by atoms with Gasteiger partial charge in [0, 0.05) is 6.42 Å². The first kappa shape index (κ1) is 10.7. The van der Waals surface area contributed by atoms with Crippen LogP contribution in [-0.4, -0.2) is 11.2 Å². The minimum absolute atomic E-state index is 0.249. The second kappa shape index (κ2) is 3.77. The van der Waals surface area contributed by atoms with Gasteiger partial charge in [0.1, 0.15) is 0 Å². The topological polar surface area (TPSA) is 20.2 Å². The first-order valence-electron chi connectivity index (χ1n) is 6.81. The number of aliphatic hydroxyl groups is 1. The summed E-state index contributed by atoms with van der Waals surface area (Å²) in [6.07, 6.45) is 15.1. The summed E-state index contributed by atoms with van der Waals surface area (Å²) < 4.78 is 0. The van der Waals surface area contributed by atoms with E-state index < -0.39 is 0 Å². The van der Waals surface area contributed by atoms with Crippen molar-refractivity contribution >= 4 is 0 Å². The van der Waals surface area contributed by atoms with Crippen molar-refractivity contribution in [2.45, 2.75) is 57.5 Å². The maximum Gasteiger partial charge on any atom is 0.0654 e. The van der Waals surface area contributed by atoms with E-state index in [2.05, 4.69) is 5.92 Å². The largest absolute Gasteiger partial charge is 0.392 e. The molecule has 1 nitrogen and oxygen atoms in total. The van der Waals surface area contributed by atoms with Gasteiger partial charge in [-0.3, -0.25) is 0 Å². The lowest BCUT2D eigenvalue weighted by Gasteiger charge is -2.57. The summed E-state index contributed by atoms with van der Waals surface area (Å²) >= 11 is 0. The molecule has 4 rings (SSSR count). The summed E-state index contributed by atoms with van der Waals surface area (Å²) in [6.45, 7) is 0. The highest BCUT2D eigenvalue weighted by Crippen LogP contribution is 2.61.